The van der Waals surface area contributed by atoms with Crippen molar-refractivity contribution in [3.05, 3.63) is 71.8 Å². The van der Waals surface area contributed by atoms with Crippen molar-refractivity contribution in [2.45, 2.75) is 83.6 Å². The standard InChI is InChI=1S/C36H52N4O6/c1-25(2)19-31(33(42)22-28(15-9-10-16-37)35(43)39-24-34-45-17-18-46-34)40-36(44)29(20-26-11-5-3-6-12-26)23-32(41)30(38)21-27-13-7-4-8-14-27/h3-8,11-14,25,28-31,34H,9-10,15-24,37-38H2,1-2H3,(H,39,43)(H,40,44)/t28-,29-,30+,31+/m0/s1. The zero-order chi connectivity index (χ0) is 33.3. The summed E-state index contributed by atoms with van der Waals surface area (Å²) in [6.07, 6.45) is 2.47. The molecule has 0 aromatic heterocycles. The molecule has 0 unspecified atom stereocenters. The zero-order valence-electron chi connectivity index (χ0n) is 27.3. The van der Waals surface area contributed by atoms with Crippen molar-refractivity contribution in [3.8, 4) is 0 Å². The fraction of sp³-hybridized carbons (Fsp3) is 0.556. The molecule has 1 fully saturated rings. The summed E-state index contributed by atoms with van der Waals surface area (Å²) in [6, 6.07) is 17.5. The highest BCUT2D eigenvalue weighted by Gasteiger charge is 2.32. The maximum Gasteiger partial charge on any atom is 0.224 e. The van der Waals surface area contributed by atoms with Crippen molar-refractivity contribution in [2.75, 3.05) is 26.3 Å². The van der Waals surface area contributed by atoms with Gasteiger partial charge in [-0.15, -0.1) is 0 Å². The van der Waals surface area contributed by atoms with Gasteiger partial charge in [-0.1, -0.05) is 80.9 Å². The summed E-state index contributed by atoms with van der Waals surface area (Å²) in [5.41, 5.74) is 13.8. The Hall–Kier alpha value is -3.44. The van der Waals surface area contributed by atoms with E-state index in [1.165, 1.54) is 0 Å². The molecule has 10 nitrogen and oxygen atoms in total. The molecule has 2 aromatic rings. The number of rotatable bonds is 21. The van der Waals surface area contributed by atoms with Gasteiger partial charge in [0.2, 0.25) is 11.8 Å². The number of nitrogens with one attached hydrogen (secondary N) is 2. The predicted molar refractivity (Wildman–Crippen MR) is 177 cm³/mol. The van der Waals surface area contributed by atoms with Crippen LogP contribution in [0.5, 0.6) is 0 Å². The van der Waals surface area contributed by atoms with Gasteiger partial charge in [-0.2, -0.15) is 0 Å². The second-order valence-corrected chi connectivity index (χ2v) is 12.6. The second-order valence-electron chi connectivity index (χ2n) is 12.6. The fourth-order valence-electron chi connectivity index (χ4n) is 5.66. The molecule has 1 heterocycles. The lowest BCUT2D eigenvalue weighted by molar-refractivity contribution is -0.135. The highest BCUT2D eigenvalue weighted by Crippen LogP contribution is 2.20. The van der Waals surface area contributed by atoms with E-state index in [9.17, 15) is 19.2 Å². The first-order valence-electron chi connectivity index (χ1n) is 16.6. The lowest BCUT2D eigenvalue weighted by atomic mass is 9.87. The van der Waals surface area contributed by atoms with Crippen molar-refractivity contribution >= 4 is 23.4 Å². The van der Waals surface area contributed by atoms with Crippen molar-refractivity contribution in [1.82, 2.24) is 10.6 Å². The molecule has 1 aliphatic rings. The minimum absolute atomic E-state index is 0.0231. The smallest absolute Gasteiger partial charge is 0.224 e. The van der Waals surface area contributed by atoms with E-state index in [1.54, 1.807) is 0 Å². The number of carbonyl (C=O) groups excluding carboxylic acids is 4. The van der Waals surface area contributed by atoms with Crippen LogP contribution in [0.15, 0.2) is 60.7 Å². The van der Waals surface area contributed by atoms with E-state index in [-0.39, 0.29) is 48.7 Å². The lowest BCUT2D eigenvalue weighted by Crippen LogP contribution is -2.47. The third-order valence-electron chi connectivity index (χ3n) is 8.23. The Balaban J connectivity index is 1.72. The van der Waals surface area contributed by atoms with Gasteiger partial charge >= 0.3 is 0 Å². The molecule has 10 heteroatoms. The third kappa shape index (κ3) is 13.1. The molecular weight excluding hydrogens is 584 g/mol. The molecule has 2 amide bonds. The molecule has 0 saturated carbocycles. The Labute approximate surface area is 273 Å². The van der Waals surface area contributed by atoms with E-state index in [2.05, 4.69) is 10.6 Å². The first-order valence-corrected chi connectivity index (χ1v) is 16.6. The Morgan fingerprint density at radius 3 is 1.98 bits per heavy atom. The van der Waals surface area contributed by atoms with E-state index >= 15 is 0 Å². The summed E-state index contributed by atoms with van der Waals surface area (Å²) >= 11 is 0. The van der Waals surface area contributed by atoms with E-state index in [1.807, 2.05) is 74.5 Å². The maximum atomic E-state index is 13.9. The minimum Gasteiger partial charge on any atom is -0.351 e. The molecule has 46 heavy (non-hydrogen) atoms. The van der Waals surface area contributed by atoms with Crippen molar-refractivity contribution in [3.63, 3.8) is 0 Å². The molecule has 0 bridgehead atoms. The number of nitrogens with two attached hydrogens (primary N) is 2. The average Bonchev–Trinajstić information content (AvgIpc) is 3.57. The Kier molecular flexibility index (Phi) is 16.0. The van der Waals surface area contributed by atoms with Gasteiger partial charge in [0, 0.05) is 24.7 Å². The van der Waals surface area contributed by atoms with Crippen LogP contribution >= 0.6 is 0 Å². The minimum atomic E-state index is -0.801. The number of ketones is 2. The van der Waals surface area contributed by atoms with Crippen LogP contribution in [0.2, 0.25) is 0 Å². The maximum absolute atomic E-state index is 13.9. The molecule has 2 aromatic carbocycles. The highest BCUT2D eigenvalue weighted by atomic mass is 16.7. The van der Waals surface area contributed by atoms with Crippen LogP contribution in [-0.2, 0) is 41.5 Å². The largest absolute Gasteiger partial charge is 0.351 e. The summed E-state index contributed by atoms with van der Waals surface area (Å²) in [4.78, 5) is 54.1. The van der Waals surface area contributed by atoms with Crippen LogP contribution in [-0.4, -0.2) is 68.1 Å². The van der Waals surface area contributed by atoms with Crippen LogP contribution in [0.25, 0.3) is 0 Å². The molecule has 0 aliphatic carbocycles. The summed E-state index contributed by atoms with van der Waals surface area (Å²) in [7, 11) is 0. The fourth-order valence-corrected chi connectivity index (χ4v) is 5.66. The number of Topliss-reactive ketones (excluding diaryl/α,β-unsaturated/α-hetero) is 2. The van der Waals surface area contributed by atoms with Gasteiger partial charge < -0.3 is 31.6 Å². The summed E-state index contributed by atoms with van der Waals surface area (Å²) in [5.74, 6) is -2.24. The first kappa shape index (κ1) is 37.0. The van der Waals surface area contributed by atoms with E-state index in [0.717, 1.165) is 17.5 Å². The Morgan fingerprint density at radius 1 is 0.804 bits per heavy atom. The third-order valence-corrected chi connectivity index (χ3v) is 8.23. The van der Waals surface area contributed by atoms with Gasteiger partial charge in [-0.25, -0.2) is 0 Å². The number of unbranched alkanes of at least 4 members (excludes halogenated alkanes) is 1. The number of carbonyl (C=O) groups is 4. The van der Waals surface area contributed by atoms with E-state index in [0.29, 0.717) is 51.9 Å². The Morgan fingerprint density at radius 2 is 1.39 bits per heavy atom. The normalized spacial score (nSPS) is 16.0. The van der Waals surface area contributed by atoms with E-state index in [4.69, 9.17) is 20.9 Å². The van der Waals surface area contributed by atoms with Crippen molar-refractivity contribution in [2.24, 2.45) is 29.2 Å². The number of amides is 2. The molecule has 0 spiro atoms. The summed E-state index contributed by atoms with van der Waals surface area (Å²) in [5, 5.41) is 5.84. The van der Waals surface area contributed by atoms with Gasteiger partial charge in [0.15, 0.2) is 17.9 Å². The summed E-state index contributed by atoms with van der Waals surface area (Å²) < 4.78 is 10.9. The van der Waals surface area contributed by atoms with Gasteiger partial charge in [0.25, 0.3) is 0 Å². The van der Waals surface area contributed by atoms with E-state index < -0.39 is 30.2 Å². The SMILES string of the molecule is CC(C)C[C@@H](NC(=O)[C@H](CC(=O)[C@H](N)Cc1ccccc1)Cc1ccccc1)C(=O)C[C@H](CCCCN)C(=O)NCC1OCCO1. The number of hydrogen-bond donors (Lipinski definition) is 4. The van der Waals surface area contributed by atoms with Gasteiger partial charge in [0.1, 0.15) is 0 Å². The molecular formula is C36H52N4O6. The van der Waals surface area contributed by atoms with Gasteiger partial charge in [-0.3, -0.25) is 19.2 Å². The number of ether oxygens (including phenoxy) is 2. The topological polar surface area (TPSA) is 163 Å². The van der Waals surface area contributed by atoms with Crippen LogP contribution in [0, 0.1) is 17.8 Å². The summed E-state index contributed by atoms with van der Waals surface area (Å²) in [6.45, 7) is 5.61. The van der Waals surface area contributed by atoms with Crippen LogP contribution in [0.4, 0.5) is 0 Å². The van der Waals surface area contributed by atoms with Crippen molar-refractivity contribution in [1.29, 1.82) is 0 Å². The second kappa shape index (κ2) is 19.9. The molecule has 252 valence electrons. The number of benzene rings is 2. The number of hydrogen-bond acceptors (Lipinski definition) is 8. The average molecular weight is 637 g/mol. The van der Waals surface area contributed by atoms with Crippen LogP contribution in [0.1, 0.15) is 63.5 Å². The van der Waals surface area contributed by atoms with Gasteiger partial charge in [0.05, 0.1) is 31.8 Å². The molecule has 3 rings (SSSR count). The lowest BCUT2D eigenvalue weighted by Gasteiger charge is -2.25. The van der Waals surface area contributed by atoms with Crippen LogP contribution < -0.4 is 22.1 Å². The molecule has 6 N–H and O–H groups in total. The monoisotopic (exact) mass is 636 g/mol. The quantitative estimate of drug-likeness (QED) is 0.152. The first-order chi connectivity index (χ1) is 22.2. The van der Waals surface area contributed by atoms with Crippen LogP contribution in [0.3, 0.4) is 0 Å². The Bertz CT molecular complexity index is 1220. The molecule has 1 saturated heterocycles. The highest BCUT2D eigenvalue weighted by molar-refractivity contribution is 5.94. The molecule has 1 aliphatic heterocycles. The predicted octanol–water partition coefficient (Wildman–Crippen LogP) is 3.10. The molecule has 4 atom stereocenters. The van der Waals surface area contributed by atoms with Gasteiger partial charge in [-0.05, 0) is 55.7 Å². The van der Waals surface area contributed by atoms with Crippen molar-refractivity contribution < 1.29 is 28.7 Å². The zero-order valence-corrected chi connectivity index (χ0v) is 27.3. The molecule has 0 radical (unpaired) electrons.